The standard InChI is InChI=1S/C21H28N4O4/c1-4-28-21(27)25-13-11-24(12-14-25)19(26)10-9-18-22-20(23-29-18)17-7-5-16(6-8-17)15(2)3/h5-8,15H,4,9-14H2,1-3H3. The molecule has 8 heteroatoms. The fraction of sp³-hybridized carbons (Fsp3) is 0.524. The number of carbonyl (C=O) groups is 2. The van der Waals surface area contributed by atoms with E-state index in [1.807, 2.05) is 12.1 Å². The van der Waals surface area contributed by atoms with E-state index in [0.717, 1.165) is 5.56 Å². The number of hydrogen-bond acceptors (Lipinski definition) is 6. The van der Waals surface area contributed by atoms with Crippen LogP contribution in [0.15, 0.2) is 28.8 Å². The van der Waals surface area contributed by atoms with Gasteiger partial charge in [-0.2, -0.15) is 4.98 Å². The first-order valence-electron chi connectivity index (χ1n) is 10.1. The number of rotatable bonds is 6. The average molecular weight is 400 g/mol. The third kappa shape index (κ3) is 5.34. The number of ether oxygens (including phenoxy) is 1. The second-order valence-electron chi connectivity index (χ2n) is 7.36. The molecule has 2 aromatic rings. The van der Waals surface area contributed by atoms with Crippen LogP contribution in [-0.2, 0) is 16.0 Å². The van der Waals surface area contributed by atoms with Gasteiger partial charge in [-0.3, -0.25) is 4.79 Å². The number of piperazine rings is 1. The molecule has 0 radical (unpaired) electrons. The van der Waals surface area contributed by atoms with E-state index in [-0.39, 0.29) is 12.0 Å². The summed E-state index contributed by atoms with van der Waals surface area (Å²) >= 11 is 0. The van der Waals surface area contributed by atoms with E-state index in [2.05, 4.69) is 36.1 Å². The topological polar surface area (TPSA) is 88.8 Å². The Morgan fingerprint density at radius 1 is 1.10 bits per heavy atom. The van der Waals surface area contributed by atoms with Crippen molar-refractivity contribution < 1.29 is 18.8 Å². The minimum atomic E-state index is -0.320. The van der Waals surface area contributed by atoms with Gasteiger partial charge in [0.1, 0.15) is 0 Å². The van der Waals surface area contributed by atoms with Crippen molar-refractivity contribution in [2.45, 2.75) is 39.5 Å². The molecular formula is C21H28N4O4. The van der Waals surface area contributed by atoms with Crippen molar-refractivity contribution in [2.75, 3.05) is 32.8 Å². The molecule has 0 spiro atoms. The molecule has 29 heavy (non-hydrogen) atoms. The van der Waals surface area contributed by atoms with E-state index in [9.17, 15) is 9.59 Å². The zero-order valence-corrected chi connectivity index (χ0v) is 17.3. The van der Waals surface area contributed by atoms with Crippen LogP contribution in [0.5, 0.6) is 0 Å². The average Bonchev–Trinajstić information content (AvgIpc) is 3.21. The summed E-state index contributed by atoms with van der Waals surface area (Å²) in [5, 5.41) is 4.03. The Morgan fingerprint density at radius 3 is 2.38 bits per heavy atom. The van der Waals surface area contributed by atoms with Gasteiger partial charge in [-0.25, -0.2) is 4.79 Å². The molecule has 0 saturated carbocycles. The fourth-order valence-corrected chi connectivity index (χ4v) is 3.22. The van der Waals surface area contributed by atoms with Gasteiger partial charge in [-0.05, 0) is 18.4 Å². The van der Waals surface area contributed by atoms with Gasteiger partial charge in [0.15, 0.2) is 0 Å². The summed E-state index contributed by atoms with van der Waals surface area (Å²) in [5.41, 5.74) is 2.15. The lowest BCUT2D eigenvalue weighted by Crippen LogP contribution is -2.50. The summed E-state index contributed by atoms with van der Waals surface area (Å²) in [4.78, 5) is 32.0. The van der Waals surface area contributed by atoms with E-state index in [1.165, 1.54) is 5.56 Å². The predicted molar refractivity (Wildman–Crippen MR) is 107 cm³/mol. The lowest BCUT2D eigenvalue weighted by atomic mass is 10.0. The third-order valence-electron chi connectivity index (χ3n) is 5.01. The maximum absolute atomic E-state index is 12.5. The van der Waals surface area contributed by atoms with E-state index in [4.69, 9.17) is 9.26 Å². The predicted octanol–water partition coefficient (Wildman–Crippen LogP) is 3.09. The van der Waals surface area contributed by atoms with Crippen LogP contribution in [-0.4, -0.2) is 64.7 Å². The summed E-state index contributed by atoms with van der Waals surface area (Å²) in [5.74, 6) is 1.47. The van der Waals surface area contributed by atoms with Crippen LogP contribution in [0.2, 0.25) is 0 Å². The van der Waals surface area contributed by atoms with Crippen LogP contribution in [0.4, 0.5) is 4.79 Å². The highest BCUT2D eigenvalue weighted by Gasteiger charge is 2.25. The van der Waals surface area contributed by atoms with Gasteiger partial charge in [0.05, 0.1) is 6.61 Å². The molecule has 2 heterocycles. The van der Waals surface area contributed by atoms with Gasteiger partial charge >= 0.3 is 6.09 Å². The molecule has 1 saturated heterocycles. The molecule has 0 bridgehead atoms. The monoisotopic (exact) mass is 400 g/mol. The second-order valence-corrected chi connectivity index (χ2v) is 7.36. The van der Waals surface area contributed by atoms with E-state index in [1.54, 1.807) is 16.7 Å². The lowest BCUT2D eigenvalue weighted by Gasteiger charge is -2.34. The van der Waals surface area contributed by atoms with E-state index >= 15 is 0 Å². The van der Waals surface area contributed by atoms with Crippen molar-refractivity contribution in [1.82, 2.24) is 19.9 Å². The fourth-order valence-electron chi connectivity index (χ4n) is 3.22. The quantitative estimate of drug-likeness (QED) is 0.740. The van der Waals surface area contributed by atoms with E-state index < -0.39 is 0 Å². The Bertz CT molecular complexity index is 823. The Balaban J connectivity index is 1.48. The van der Waals surface area contributed by atoms with Crippen LogP contribution in [0.3, 0.4) is 0 Å². The number of aromatic nitrogens is 2. The summed E-state index contributed by atoms with van der Waals surface area (Å²) < 4.78 is 10.3. The summed E-state index contributed by atoms with van der Waals surface area (Å²) in [7, 11) is 0. The molecule has 8 nitrogen and oxygen atoms in total. The van der Waals surface area contributed by atoms with Crippen LogP contribution in [0.25, 0.3) is 11.4 Å². The number of carbonyl (C=O) groups excluding carboxylic acids is 2. The molecule has 3 rings (SSSR count). The molecule has 0 aliphatic carbocycles. The minimum absolute atomic E-state index is 0.0227. The van der Waals surface area contributed by atoms with Gasteiger partial charge in [-0.1, -0.05) is 43.3 Å². The highest BCUT2D eigenvalue weighted by atomic mass is 16.6. The van der Waals surface area contributed by atoms with Crippen molar-refractivity contribution in [2.24, 2.45) is 0 Å². The molecule has 1 aromatic heterocycles. The van der Waals surface area contributed by atoms with Gasteiger partial charge in [0, 0.05) is 44.6 Å². The van der Waals surface area contributed by atoms with Crippen molar-refractivity contribution in [3.05, 3.63) is 35.7 Å². The molecule has 156 valence electrons. The van der Waals surface area contributed by atoms with E-state index in [0.29, 0.717) is 63.3 Å². The SMILES string of the molecule is CCOC(=O)N1CCN(C(=O)CCc2nc(-c3ccc(C(C)C)cc3)no2)CC1. The minimum Gasteiger partial charge on any atom is -0.450 e. The van der Waals surface area contributed by atoms with Crippen molar-refractivity contribution in [3.8, 4) is 11.4 Å². The molecule has 1 aliphatic rings. The Labute approximate surface area is 170 Å². The molecule has 0 atom stereocenters. The van der Waals surface area contributed by atoms with Crippen molar-refractivity contribution in [3.63, 3.8) is 0 Å². The van der Waals surface area contributed by atoms with Gasteiger partial charge in [-0.15, -0.1) is 0 Å². The summed E-state index contributed by atoms with van der Waals surface area (Å²) in [6, 6.07) is 8.10. The number of nitrogens with zero attached hydrogens (tertiary/aromatic N) is 4. The van der Waals surface area contributed by atoms with Gasteiger partial charge < -0.3 is 19.1 Å². The number of hydrogen-bond donors (Lipinski definition) is 0. The zero-order valence-electron chi connectivity index (χ0n) is 17.3. The first kappa shape index (κ1) is 20.8. The first-order chi connectivity index (χ1) is 14.0. The summed E-state index contributed by atoms with van der Waals surface area (Å²) in [6.07, 6.45) is 0.376. The largest absolute Gasteiger partial charge is 0.450 e. The third-order valence-corrected chi connectivity index (χ3v) is 5.01. The smallest absolute Gasteiger partial charge is 0.409 e. The highest BCUT2D eigenvalue weighted by Crippen LogP contribution is 2.21. The van der Waals surface area contributed by atoms with Crippen LogP contribution >= 0.6 is 0 Å². The van der Waals surface area contributed by atoms with Crippen molar-refractivity contribution >= 4 is 12.0 Å². The lowest BCUT2D eigenvalue weighted by molar-refractivity contribution is -0.132. The normalized spacial score (nSPS) is 14.3. The van der Waals surface area contributed by atoms with Crippen LogP contribution in [0.1, 0.15) is 44.6 Å². The Kier molecular flexibility index (Phi) is 6.85. The number of amides is 2. The zero-order chi connectivity index (χ0) is 20.8. The maximum atomic E-state index is 12.5. The Morgan fingerprint density at radius 2 is 1.76 bits per heavy atom. The molecule has 0 unspecified atom stereocenters. The number of aryl methyl sites for hydroxylation is 1. The Hall–Kier alpha value is -2.90. The molecule has 1 fully saturated rings. The highest BCUT2D eigenvalue weighted by molar-refractivity contribution is 5.77. The maximum Gasteiger partial charge on any atom is 0.409 e. The molecule has 1 aromatic carbocycles. The molecule has 0 N–H and O–H groups in total. The van der Waals surface area contributed by atoms with Gasteiger partial charge in [0.25, 0.3) is 0 Å². The second kappa shape index (κ2) is 9.54. The molecular weight excluding hydrogens is 372 g/mol. The number of benzene rings is 1. The van der Waals surface area contributed by atoms with Crippen LogP contribution in [0, 0.1) is 0 Å². The molecule has 1 aliphatic heterocycles. The molecule has 2 amide bonds. The van der Waals surface area contributed by atoms with Crippen molar-refractivity contribution in [1.29, 1.82) is 0 Å². The van der Waals surface area contributed by atoms with Gasteiger partial charge in [0.2, 0.25) is 17.6 Å². The first-order valence-corrected chi connectivity index (χ1v) is 10.1. The van der Waals surface area contributed by atoms with Crippen LogP contribution < -0.4 is 0 Å². The summed E-state index contributed by atoms with van der Waals surface area (Å²) in [6.45, 7) is 8.42.